The van der Waals surface area contributed by atoms with Crippen molar-refractivity contribution in [3.63, 3.8) is 0 Å². The van der Waals surface area contributed by atoms with E-state index in [0.29, 0.717) is 22.8 Å². The van der Waals surface area contributed by atoms with Crippen LogP contribution in [-0.4, -0.2) is 25.3 Å². The largest absolute Gasteiger partial charge is 0.424 e. The molecule has 0 saturated carbocycles. The molecule has 7 nitrogen and oxygen atoms in total. The lowest BCUT2D eigenvalue weighted by Gasteiger charge is -2.07. The Kier molecular flexibility index (Phi) is 4.03. The van der Waals surface area contributed by atoms with Crippen molar-refractivity contribution in [1.82, 2.24) is 19.4 Å². The molecule has 4 rings (SSSR count). The number of carbonyl (C=O) groups is 1. The van der Waals surface area contributed by atoms with Crippen LogP contribution in [0.3, 0.4) is 0 Å². The van der Waals surface area contributed by atoms with Crippen molar-refractivity contribution in [3.8, 4) is 11.8 Å². The van der Waals surface area contributed by atoms with Crippen LogP contribution in [0.4, 0.5) is 5.69 Å². The first-order valence-corrected chi connectivity index (χ1v) is 8.01. The molecule has 0 atom stereocenters. The fourth-order valence-corrected chi connectivity index (χ4v) is 2.60. The number of rotatable bonds is 4. The lowest BCUT2D eigenvalue weighted by atomic mass is 10.3. The van der Waals surface area contributed by atoms with Gasteiger partial charge in [-0.15, -0.1) is 0 Å². The quantitative estimate of drug-likeness (QED) is 0.612. The monoisotopic (exact) mass is 345 g/mol. The lowest BCUT2D eigenvalue weighted by Crippen LogP contribution is -2.16. The van der Waals surface area contributed by atoms with E-state index in [-0.39, 0.29) is 11.9 Å². The Labute approximate surface area is 149 Å². The number of hydrogen-bond acceptors (Lipinski definition) is 5. The molecule has 3 aromatic heterocycles. The maximum absolute atomic E-state index is 12.6. The third-order valence-electron chi connectivity index (χ3n) is 3.76. The molecule has 0 radical (unpaired) electrons. The smallest absolute Gasteiger partial charge is 0.322 e. The topological polar surface area (TPSA) is 81.4 Å². The van der Waals surface area contributed by atoms with Gasteiger partial charge in [0.2, 0.25) is 0 Å². The van der Waals surface area contributed by atoms with Gasteiger partial charge >= 0.3 is 6.01 Å². The molecule has 1 aromatic carbocycles. The third-order valence-corrected chi connectivity index (χ3v) is 3.76. The third kappa shape index (κ3) is 3.10. The lowest BCUT2D eigenvalue weighted by molar-refractivity contribution is 0.102. The van der Waals surface area contributed by atoms with Crippen LogP contribution in [-0.2, 0) is 0 Å². The van der Waals surface area contributed by atoms with E-state index in [1.165, 1.54) is 12.4 Å². The van der Waals surface area contributed by atoms with Crippen molar-refractivity contribution >= 4 is 17.2 Å². The highest BCUT2D eigenvalue weighted by Crippen LogP contribution is 2.18. The molecule has 0 aliphatic rings. The van der Waals surface area contributed by atoms with Crippen molar-refractivity contribution in [2.24, 2.45) is 0 Å². The number of nitrogens with zero attached hydrogens (tertiary/aromatic N) is 4. The van der Waals surface area contributed by atoms with Crippen LogP contribution >= 0.6 is 0 Å². The summed E-state index contributed by atoms with van der Waals surface area (Å²) in [6, 6.07) is 15.0. The first-order chi connectivity index (χ1) is 12.7. The summed E-state index contributed by atoms with van der Waals surface area (Å²) in [6.07, 6.45) is 4.81. The van der Waals surface area contributed by atoms with Gasteiger partial charge in [0.1, 0.15) is 17.1 Å². The normalized spacial score (nSPS) is 10.7. The minimum absolute atomic E-state index is 0.209. The number of nitrogens with one attached hydrogen (secondary N) is 1. The molecule has 0 unspecified atom stereocenters. The molecule has 0 saturated heterocycles. The van der Waals surface area contributed by atoms with Gasteiger partial charge in [-0.25, -0.2) is 15.0 Å². The van der Waals surface area contributed by atoms with Gasteiger partial charge in [0.15, 0.2) is 0 Å². The number of hydrogen-bond donors (Lipinski definition) is 1. The summed E-state index contributed by atoms with van der Waals surface area (Å²) in [5, 5.41) is 2.79. The summed E-state index contributed by atoms with van der Waals surface area (Å²) in [4.78, 5) is 25.3. The fraction of sp³-hybridized carbons (Fsp3) is 0.0526. The molecule has 0 bridgehead atoms. The van der Waals surface area contributed by atoms with E-state index < -0.39 is 0 Å². The van der Waals surface area contributed by atoms with Crippen LogP contribution in [0.25, 0.3) is 5.65 Å². The van der Waals surface area contributed by atoms with Crippen molar-refractivity contribution < 1.29 is 9.53 Å². The summed E-state index contributed by atoms with van der Waals surface area (Å²) in [7, 11) is 0. The zero-order chi connectivity index (χ0) is 17.9. The maximum atomic E-state index is 12.6. The number of amides is 1. The van der Waals surface area contributed by atoms with Crippen LogP contribution in [0.5, 0.6) is 11.8 Å². The average molecular weight is 345 g/mol. The number of para-hydroxylation sites is 1. The van der Waals surface area contributed by atoms with Crippen molar-refractivity contribution in [2.45, 2.75) is 6.92 Å². The Morgan fingerprint density at radius 3 is 2.54 bits per heavy atom. The van der Waals surface area contributed by atoms with Gasteiger partial charge in [0.25, 0.3) is 5.91 Å². The number of fused-ring (bicyclic) bond motifs is 1. The van der Waals surface area contributed by atoms with Gasteiger partial charge in [-0.2, -0.15) is 0 Å². The Morgan fingerprint density at radius 2 is 1.77 bits per heavy atom. The number of benzene rings is 1. The van der Waals surface area contributed by atoms with Gasteiger partial charge in [-0.1, -0.05) is 24.3 Å². The second-order valence-corrected chi connectivity index (χ2v) is 5.60. The van der Waals surface area contributed by atoms with Crippen molar-refractivity contribution in [3.05, 3.63) is 78.5 Å². The van der Waals surface area contributed by atoms with E-state index >= 15 is 0 Å². The van der Waals surface area contributed by atoms with E-state index in [4.69, 9.17) is 4.74 Å². The molecule has 3 heterocycles. The van der Waals surface area contributed by atoms with Crippen LogP contribution < -0.4 is 10.1 Å². The van der Waals surface area contributed by atoms with E-state index in [1.807, 2.05) is 48.5 Å². The summed E-state index contributed by atoms with van der Waals surface area (Å²) < 4.78 is 7.29. The number of imidazole rings is 1. The molecule has 1 N–H and O–H groups in total. The summed E-state index contributed by atoms with van der Waals surface area (Å²) in [5.74, 6) is 0.368. The predicted octanol–water partition coefficient (Wildman–Crippen LogP) is 3.48. The Morgan fingerprint density at radius 1 is 1.04 bits per heavy atom. The molecule has 26 heavy (non-hydrogen) atoms. The van der Waals surface area contributed by atoms with E-state index in [2.05, 4.69) is 20.3 Å². The number of carbonyl (C=O) groups excluding carboxylic acids is 1. The van der Waals surface area contributed by atoms with E-state index in [0.717, 1.165) is 5.65 Å². The van der Waals surface area contributed by atoms with Crippen molar-refractivity contribution in [2.75, 3.05) is 5.32 Å². The first kappa shape index (κ1) is 15.8. The number of pyridine rings is 1. The second-order valence-electron chi connectivity index (χ2n) is 5.60. The highest BCUT2D eigenvalue weighted by Gasteiger charge is 2.16. The number of aromatic nitrogens is 4. The van der Waals surface area contributed by atoms with Crippen LogP contribution in [0.1, 0.15) is 16.2 Å². The van der Waals surface area contributed by atoms with Crippen LogP contribution in [0.15, 0.2) is 67.1 Å². The highest BCUT2D eigenvalue weighted by molar-refractivity contribution is 6.04. The van der Waals surface area contributed by atoms with Gasteiger partial charge in [0, 0.05) is 6.20 Å². The van der Waals surface area contributed by atoms with Gasteiger partial charge < -0.3 is 10.1 Å². The van der Waals surface area contributed by atoms with Gasteiger partial charge in [-0.05, 0) is 31.2 Å². The van der Waals surface area contributed by atoms with Crippen molar-refractivity contribution in [1.29, 1.82) is 0 Å². The standard InChI is InChI=1S/C19H15N5O2/c1-13-17(24-10-6-5-9-16(24)22-13)18(25)23-14-11-20-19(21-12-14)26-15-7-3-2-4-8-15/h2-12H,1H3,(H,23,25). The minimum atomic E-state index is -0.276. The fourth-order valence-electron chi connectivity index (χ4n) is 2.60. The number of anilines is 1. The minimum Gasteiger partial charge on any atom is -0.424 e. The molecule has 4 aromatic rings. The summed E-state index contributed by atoms with van der Waals surface area (Å²) in [5.41, 5.74) is 2.32. The van der Waals surface area contributed by atoms with Crippen LogP contribution in [0, 0.1) is 6.92 Å². The number of aryl methyl sites for hydroxylation is 1. The molecule has 0 aliphatic heterocycles. The summed E-state index contributed by atoms with van der Waals surface area (Å²) in [6.45, 7) is 1.80. The van der Waals surface area contributed by atoms with Gasteiger partial charge in [0.05, 0.1) is 23.8 Å². The molecule has 0 aliphatic carbocycles. The Hall–Kier alpha value is -3.74. The SMILES string of the molecule is Cc1nc2ccccn2c1C(=O)Nc1cnc(Oc2ccccc2)nc1. The zero-order valence-electron chi connectivity index (χ0n) is 14.0. The summed E-state index contributed by atoms with van der Waals surface area (Å²) >= 11 is 0. The molecule has 1 amide bonds. The zero-order valence-corrected chi connectivity index (χ0v) is 14.0. The van der Waals surface area contributed by atoms with Crippen LogP contribution in [0.2, 0.25) is 0 Å². The molecule has 7 heteroatoms. The maximum Gasteiger partial charge on any atom is 0.322 e. The second kappa shape index (κ2) is 6.64. The number of ether oxygens (including phenoxy) is 1. The van der Waals surface area contributed by atoms with E-state index in [1.54, 1.807) is 17.5 Å². The molecule has 0 fully saturated rings. The van der Waals surface area contributed by atoms with E-state index in [9.17, 15) is 4.79 Å². The molecule has 128 valence electrons. The molecule has 0 spiro atoms. The molecular weight excluding hydrogens is 330 g/mol. The average Bonchev–Trinajstić information content (AvgIpc) is 3.00. The molecular formula is C19H15N5O2. The first-order valence-electron chi connectivity index (χ1n) is 8.01. The predicted molar refractivity (Wildman–Crippen MR) is 96.4 cm³/mol. The Bertz CT molecular complexity index is 1060. The van der Waals surface area contributed by atoms with Gasteiger partial charge in [-0.3, -0.25) is 9.20 Å². The highest BCUT2D eigenvalue weighted by atomic mass is 16.5. The Balaban J connectivity index is 1.52.